The first-order valence-corrected chi connectivity index (χ1v) is 10.9. The minimum Gasteiger partial charge on any atom is -0.498 e. The van der Waals surface area contributed by atoms with Gasteiger partial charge < -0.3 is 24.5 Å². The molecule has 1 N–H and O–H groups in total. The average molecular weight is 469 g/mol. The largest absolute Gasteiger partial charge is 0.498 e. The van der Waals surface area contributed by atoms with Gasteiger partial charge in [-0.1, -0.05) is 0 Å². The average Bonchev–Trinajstić information content (AvgIpc) is 3.40. The highest BCUT2D eigenvalue weighted by Gasteiger charge is 2.67. The molecule has 4 rings (SSSR count). The molecule has 10 heteroatoms. The van der Waals surface area contributed by atoms with E-state index < -0.39 is 33.7 Å². The number of carbonyl (C=O) groups is 2. The second kappa shape index (κ2) is 7.98. The summed E-state index contributed by atoms with van der Waals surface area (Å²) in [5.41, 5.74) is -1.99. The maximum Gasteiger partial charge on any atom is 0.366 e. The Kier molecular flexibility index (Phi) is 5.52. The second-order valence-corrected chi connectivity index (χ2v) is 9.76. The number of carbonyl (C=O) groups excluding carboxylic acids is 1. The van der Waals surface area contributed by atoms with Gasteiger partial charge in [-0.3, -0.25) is 4.48 Å². The number of ether oxygens (including phenoxy) is 2. The fourth-order valence-corrected chi connectivity index (χ4v) is 5.15. The van der Waals surface area contributed by atoms with E-state index >= 15 is 0 Å². The van der Waals surface area contributed by atoms with Gasteiger partial charge in [-0.05, 0) is 39.0 Å². The molecule has 0 bridgehead atoms. The number of fused-ring (bicyclic) bond motifs is 1. The topological polar surface area (TPSA) is 127 Å². The van der Waals surface area contributed by atoms with Crippen LogP contribution in [0.1, 0.15) is 34.1 Å². The molecule has 0 aliphatic carbocycles. The zero-order valence-corrected chi connectivity index (χ0v) is 19.8. The molecule has 0 saturated carbocycles. The molecule has 3 heterocycles. The SMILES string of the molecule is COc1ccc2c(O[C@@H]3C[C@@](C)(C(=O)O)[N+](C(=O)[O-])(C(C)(C)C)C3)cc(-n3cccn3)nc2c1. The van der Waals surface area contributed by atoms with Crippen molar-refractivity contribution in [3.05, 3.63) is 42.7 Å². The summed E-state index contributed by atoms with van der Waals surface area (Å²) in [7, 11) is 1.56. The quantitative estimate of drug-likeness (QED) is 0.566. The summed E-state index contributed by atoms with van der Waals surface area (Å²) >= 11 is 0. The van der Waals surface area contributed by atoms with Crippen molar-refractivity contribution >= 4 is 23.0 Å². The third-order valence-corrected chi connectivity index (χ3v) is 6.86. The van der Waals surface area contributed by atoms with Crippen LogP contribution in [0.15, 0.2) is 42.7 Å². The number of carboxylic acid groups (broad SMARTS) is 2. The molecule has 1 saturated heterocycles. The van der Waals surface area contributed by atoms with E-state index in [1.54, 1.807) is 75.3 Å². The number of hydrogen-bond acceptors (Lipinski definition) is 7. The molecule has 1 fully saturated rings. The summed E-state index contributed by atoms with van der Waals surface area (Å²) in [4.78, 5) is 29.5. The van der Waals surface area contributed by atoms with Gasteiger partial charge in [0.15, 0.2) is 11.9 Å². The Morgan fingerprint density at radius 2 is 2.03 bits per heavy atom. The molecule has 0 radical (unpaired) electrons. The molecule has 3 aromatic rings. The number of benzene rings is 1. The van der Waals surface area contributed by atoms with Crippen LogP contribution >= 0.6 is 0 Å². The first-order chi connectivity index (χ1) is 15.9. The molecule has 2 aromatic heterocycles. The van der Waals surface area contributed by atoms with Crippen LogP contribution in [0.4, 0.5) is 4.79 Å². The molecule has 1 unspecified atom stereocenters. The number of quaternary nitrogens is 1. The van der Waals surface area contributed by atoms with Gasteiger partial charge in [-0.2, -0.15) is 5.10 Å². The Bertz CT molecular complexity index is 1250. The molecular weight excluding hydrogens is 440 g/mol. The van der Waals surface area contributed by atoms with Crippen LogP contribution in [-0.2, 0) is 4.79 Å². The Morgan fingerprint density at radius 1 is 1.29 bits per heavy atom. The summed E-state index contributed by atoms with van der Waals surface area (Å²) in [6.45, 7) is 6.50. The number of amides is 1. The van der Waals surface area contributed by atoms with Gasteiger partial charge >= 0.3 is 5.97 Å². The molecule has 180 valence electrons. The van der Waals surface area contributed by atoms with Gasteiger partial charge in [0.2, 0.25) is 5.54 Å². The first kappa shape index (κ1) is 23.5. The van der Waals surface area contributed by atoms with Gasteiger partial charge in [0.1, 0.15) is 18.0 Å². The predicted octanol–water partition coefficient (Wildman–Crippen LogP) is 2.38. The maximum absolute atomic E-state index is 12.5. The Labute approximate surface area is 196 Å². The summed E-state index contributed by atoms with van der Waals surface area (Å²) in [5.74, 6) is 0.349. The fourth-order valence-electron chi connectivity index (χ4n) is 5.15. The number of pyridine rings is 1. The highest BCUT2D eigenvalue weighted by Crippen LogP contribution is 2.46. The van der Waals surface area contributed by atoms with Crippen molar-refractivity contribution in [3.8, 4) is 17.3 Å². The van der Waals surface area contributed by atoms with Gasteiger partial charge in [0, 0.05) is 36.8 Å². The van der Waals surface area contributed by atoms with E-state index in [4.69, 9.17) is 9.47 Å². The summed E-state index contributed by atoms with van der Waals surface area (Å²) in [5, 5.41) is 27.5. The van der Waals surface area contributed by atoms with Crippen LogP contribution < -0.4 is 14.6 Å². The second-order valence-electron chi connectivity index (χ2n) is 9.76. The lowest BCUT2D eigenvalue weighted by molar-refractivity contribution is -0.944. The Morgan fingerprint density at radius 3 is 2.56 bits per heavy atom. The fraction of sp³-hybridized carbons (Fsp3) is 0.417. The van der Waals surface area contributed by atoms with E-state index in [-0.39, 0.29) is 13.0 Å². The van der Waals surface area contributed by atoms with Crippen LogP contribution in [0.2, 0.25) is 0 Å². The first-order valence-electron chi connectivity index (χ1n) is 10.9. The molecule has 1 amide bonds. The minimum atomic E-state index is -1.64. The third kappa shape index (κ3) is 3.45. The molecule has 3 atom stereocenters. The number of aromatic nitrogens is 3. The lowest BCUT2D eigenvalue weighted by atomic mass is 9.90. The molecule has 34 heavy (non-hydrogen) atoms. The monoisotopic (exact) mass is 468 g/mol. The normalized spacial score (nSPS) is 24.8. The number of nitrogens with zero attached hydrogens (tertiary/aromatic N) is 4. The summed E-state index contributed by atoms with van der Waals surface area (Å²) in [6, 6.07) is 8.82. The van der Waals surface area contributed by atoms with E-state index in [1.165, 1.54) is 6.92 Å². The van der Waals surface area contributed by atoms with Crippen LogP contribution in [0.5, 0.6) is 11.5 Å². The molecule has 1 aliphatic heterocycles. The molecular formula is C24H28N4O6. The van der Waals surface area contributed by atoms with Crippen LogP contribution in [-0.4, -0.2) is 67.3 Å². The van der Waals surface area contributed by atoms with Gasteiger partial charge in [-0.15, -0.1) is 0 Å². The lowest BCUT2D eigenvalue weighted by Crippen LogP contribution is -2.76. The molecule has 1 aliphatic rings. The highest BCUT2D eigenvalue weighted by atomic mass is 16.5. The van der Waals surface area contributed by atoms with E-state index in [1.807, 2.05) is 0 Å². The van der Waals surface area contributed by atoms with Gasteiger partial charge in [0.05, 0.1) is 24.6 Å². The van der Waals surface area contributed by atoms with Crippen molar-refractivity contribution in [2.24, 2.45) is 0 Å². The number of aliphatic carboxylic acids is 1. The minimum absolute atomic E-state index is 0.00927. The lowest BCUT2D eigenvalue weighted by Gasteiger charge is -2.52. The smallest absolute Gasteiger partial charge is 0.366 e. The van der Waals surface area contributed by atoms with Crippen molar-refractivity contribution in [1.29, 1.82) is 0 Å². The number of likely N-dealkylation sites (tertiary alicyclic amines) is 1. The van der Waals surface area contributed by atoms with Crippen LogP contribution in [0, 0.1) is 0 Å². The number of carboxylic acids is 1. The predicted molar refractivity (Wildman–Crippen MR) is 121 cm³/mol. The maximum atomic E-state index is 12.5. The van der Waals surface area contributed by atoms with Gasteiger partial charge in [-0.25, -0.2) is 14.5 Å². The highest BCUT2D eigenvalue weighted by molar-refractivity contribution is 5.87. The van der Waals surface area contributed by atoms with E-state index in [0.717, 1.165) is 0 Å². The van der Waals surface area contributed by atoms with E-state index in [9.17, 15) is 19.8 Å². The standard InChI is InChI=1S/C24H28N4O6/c1-23(2,3)28(22(31)32)14-16(13-24(28,4)21(29)30)34-19-12-20(27-10-6-9-25-27)26-18-11-15(33-5)7-8-17(18)19/h6-12,16H,13-14H2,1-5H3,(H-,29,30,31,32)/t16-,24+,28?/m1/s1. The Hall–Kier alpha value is -3.66. The Balaban J connectivity index is 1.82. The zero-order chi connectivity index (χ0) is 24.9. The van der Waals surface area contributed by atoms with Crippen molar-refractivity contribution in [2.75, 3.05) is 13.7 Å². The summed E-state index contributed by atoms with van der Waals surface area (Å²) < 4.78 is 12.5. The number of methoxy groups -OCH3 is 1. The molecule has 1 aromatic carbocycles. The third-order valence-electron chi connectivity index (χ3n) is 6.86. The van der Waals surface area contributed by atoms with Gasteiger partial charge in [0.25, 0.3) is 6.09 Å². The summed E-state index contributed by atoms with van der Waals surface area (Å²) in [6.07, 6.45) is 1.22. The molecule has 10 nitrogen and oxygen atoms in total. The molecule has 0 spiro atoms. The van der Waals surface area contributed by atoms with E-state index in [2.05, 4.69) is 10.1 Å². The zero-order valence-electron chi connectivity index (χ0n) is 19.8. The number of hydrogen-bond donors (Lipinski definition) is 1. The van der Waals surface area contributed by atoms with E-state index in [0.29, 0.717) is 28.2 Å². The van der Waals surface area contributed by atoms with Crippen molar-refractivity contribution in [3.63, 3.8) is 0 Å². The van der Waals surface area contributed by atoms with Crippen LogP contribution in [0.25, 0.3) is 16.7 Å². The van der Waals surface area contributed by atoms with Crippen molar-refractivity contribution in [2.45, 2.75) is 51.3 Å². The van der Waals surface area contributed by atoms with Crippen molar-refractivity contribution in [1.82, 2.24) is 14.8 Å². The van der Waals surface area contributed by atoms with Crippen molar-refractivity contribution < 1.29 is 33.8 Å². The van der Waals surface area contributed by atoms with Crippen LogP contribution in [0.3, 0.4) is 0 Å². The number of rotatable bonds is 5.